The van der Waals surface area contributed by atoms with Crippen molar-refractivity contribution < 1.29 is 9.84 Å². The second-order valence-electron chi connectivity index (χ2n) is 5.22. The Morgan fingerprint density at radius 3 is 1.89 bits per heavy atom. The lowest BCUT2D eigenvalue weighted by Gasteiger charge is -2.33. The largest absolute Gasteiger partial charge is 0.395 e. The molecule has 0 aliphatic heterocycles. The Bertz CT molecular complexity index is 210. The van der Waals surface area contributed by atoms with E-state index in [4.69, 9.17) is 9.84 Å². The Balaban J connectivity index is 3.95. The lowest BCUT2D eigenvalue weighted by Crippen LogP contribution is -2.27. The van der Waals surface area contributed by atoms with Crippen LogP contribution >= 0.6 is 43.2 Å². The Labute approximate surface area is 128 Å². The van der Waals surface area contributed by atoms with Crippen LogP contribution in [0.4, 0.5) is 0 Å². The fourth-order valence-corrected chi connectivity index (χ4v) is 6.88. The zero-order valence-electron chi connectivity index (χ0n) is 12.0. The monoisotopic (exact) mass is 330 g/mol. The van der Waals surface area contributed by atoms with Crippen LogP contribution < -0.4 is 0 Å². The SMILES string of the molecule is COCCSSC(C)(C)CC(C)(C)SSCCO. The molecule has 0 aromatic heterocycles. The molecule has 0 rings (SSSR count). The van der Waals surface area contributed by atoms with Crippen molar-refractivity contribution in [2.45, 2.75) is 43.6 Å². The normalized spacial score (nSPS) is 13.0. The molecule has 0 radical (unpaired) electrons. The predicted octanol–water partition coefficient (Wildman–Crippen LogP) is 4.34. The van der Waals surface area contributed by atoms with Crippen molar-refractivity contribution in [1.29, 1.82) is 0 Å². The van der Waals surface area contributed by atoms with Gasteiger partial charge in [0.15, 0.2) is 0 Å². The number of hydrogen-bond donors (Lipinski definition) is 1. The van der Waals surface area contributed by atoms with Gasteiger partial charge >= 0.3 is 0 Å². The van der Waals surface area contributed by atoms with Crippen LogP contribution in [0, 0.1) is 0 Å². The number of aliphatic hydroxyl groups is 1. The molecule has 0 aliphatic rings. The molecule has 18 heavy (non-hydrogen) atoms. The molecule has 0 aromatic rings. The van der Waals surface area contributed by atoms with Crippen LogP contribution in [-0.4, -0.2) is 46.4 Å². The van der Waals surface area contributed by atoms with Crippen molar-refractivity contribution in [3.63, 3.8) is 0 Å². The van der Waals surface area contributed by atoms with Crippen LogP contribution in [0.25, 0.3) is 0 Å². The minimum atomic E-state index is 0.234. The molecule has 0 saturated heterocycles. The molecule has 0 atom stereocenters. The van der Waals surface area contributed by atoms with Crippen LogP contribution in [0.15, 0.2) is 0 Å². The summed E-state index contributed by atoms with van der Waals surface area (Å²) in [6.07, 6.45) is 1.15. The fraction of sp³-hybridized carbons (Fsp3) is 1.00. The maximum Gasteiger partial charge on any atom is 0.0561 e. The summed E-state index contributed by atoms with van der Waals surface area (Å²) in [5.41, 5.74) is 0. The van der Waals surface area contributed by atoms with E-state index in [1.807, 2.05) is 32.4 Å². The van der Waals surface area contributed by atoms with E-state index in [1.54, 1.807) is 17.9 Å². The summed E-state index contributed by atoms with van der Waals surface area (Å²) in [6.45, 7) is 10.2. The molecule has 2 nitrogen and oxygen atoms in total. The van der Waals surface area contributed by atoms with Crippen molar-refractivity contribution in [1.82, 2.24) is 0 Å². The zero-order valence-corrected chi connectivity index (χ0v) is 15.3. The number of ether oxygens (including phenoxy) is 1. The van der Waals surface area contributed by atoms with E-state index in [2.05, 4.69) is 27.7 Å². The van der Waals surface area contributed by atoms with Gasteiger partial charge in [0, 0.05) is 28.1 Å². The van der Waals surface area contributed by atoms with E-state index in [0.29, 0.717) is 0 Å². The third-order valence-corrected chi connectivity index (χ3v) is 8.49. The summed E-state index contributed by atoms with van der Waals surface area (Å²) in [7, 11) is 9.23. The molecule has 0 heterocycles. The highest BCUT2D eigenvalue weighted by molar-refractivity contribution is 8.77. The van der Waals surface area contributed by atoms with Crippen molar-refractivity contribution in [3.05, 3.63) is 0 Å². The minimum absolute atomic E-state index is 0.234. The molecule has 0 unspecified atom stereocenters. The summed E-state index contributed by atoms with van der Waals surface area (Å²) >= 11 is 0. The first-order valence-corrected chi connectivity index (χ1v) is 10.7. The number of rotatable bonds is 11. The van der Waals surface area contributed by atoms with E-state index in [-0.39, 0.29) is 16.1 Å². The fourth-order valence-electron chi connectivity index (χ4n) is 1.64. The van der Waals surface area contributed by atoms with Gasteiger partial charge in [-0.15, -0.1) is 0 Å². The van der Waals surface area contributed by atoms with Crippen molar-refractivity contribution in [2.24, 2.45) is 0 Å². The molecule has 6 heteroatoms. The Kier molecular flexibility index (Phi) is 10.8. The van der Waals surface area contributed by atoms with E-state index in [1.165, 1.54) is 0 Å². The number of methoxy groups -OCH3 is 1. The average molecular weight is 331 g/mol. The molecular formula is C12H26O2S4. The minimum Gasteiger partial charge on any atom is -0.395 e. The van der Waals surface area contributed by atoms with Gasteiger partial charge < -0.3 is 9.84 Å². The van der Waals surface area contributed by atoms with E-state index in [9.17, 15) is 0 Å². The summed E-state index contributed by atoms with van der Waals surface area (Å²) in [6, 6.07) is 0. The number of hydrogen-bond acceptors (Lipinski definition) is 6. The second-order valence-corrected chi connectivity index (χ2v) is 11.5. The van der Waals surface area contributed by atoms with E-state index in [0.717, 1.165) is 24.5 Å². The van der Waals surface area contributed by atoms with Gasteiger partial charge in [0.2, 0.25) is 0 Å². The molecule has 0 spiro atoms. The van der Waals surface area contributed by atoms with E-state index < -0.39 is 0 Å². The lowest BCUT2D eigenvalue weighted by atomic mass is 9.99. The number of aliphatic hydroxyl groups excluding tert-OH is 1. The molecule has 0 fully saturated rings. The standard InChI is InChI=1S/C12H26O2S4/c1-11(2,17-15-8-6-13)10-12(3,4)18-16-9-7-14-5/h13H,6-10H2,1-5H3. The highest BCUT2D eigenvalue weighted by atomic mass is 33.1. The first kappa shape index (κ1) is 19.3. The van der Waals surface area contributed by atoms with Gasteiger partial charge in [-0.3, -0.25) is 0 Å². The highest BCUT2D eigenvalue weighted by Crippen LogP contribution is 2.47. The van der Waals surface area contributed by atoms with Crippen LogP contribution in [0.5, 0.6) is 0 Å². The van der Waals surface area contributed by atoms with Gasteiger partial charge in [-0.2, -0.15) is 0 Å². The van der Waals surface area contributed by atoms with Crippen LogP contribution in [0.2, 0.25) is 0 Å². The molecule has 0 bridgehead atoms. The van der Waals surface area contributed by atoms with Gasteiger partial charge in [0.05, 0.1) is 13.2 Å². The van der Waals surface area contributed by atoms with Gasteiger partial charge in [0.1, 0.15) is 0 Å². The highest BCUT2D eigenvalue weighted by Gasteiger charge is 2.30. The maximum atomic E-state index is 8.81. The maximum absolute atomic E-state index is 8.81. The molecule has 0 aromatic carbocycles. The van der Waals surface area contributed by atoms with Crippen molar-refractivity contribution in [3.8, 4) is 0 Å². The third kappa shape index (κ3) is 11.2. The van der Waals surface area contributed by atoms with Crippen LogP contribution in [0.3, 0.4) is 0 Å². The molecule has 1 N–H and O–H groups in total. The summed E-state index contributed by atoms with van der Waals surface area (Å²) in [5.74, 6) is 1.85. The lowest BCUT2D eigenvalue weighted by molar-refractivity contribution is 0.219. The van der Waals surface area contributed by atoms with Gasteiger partial charge in [-0.25, -0.2) is 0 Å². The van der Waals surface area contributed by atoms with Crippen LogP contribution in [0.1, 0.15) is 34.1 Å². The second kappa shape index (κ2) is 10.1. The smallest absolute Gasteiger partial charge is 0.0561 e. The third-order valence-electron chi connectivity index (χ3n) is 1.97. The average Bonchev–Trinajstić information content (AvgIpc) is 2.23. The topological polar surface area (TPSA) is 29.5 Å². The summed E-state index contributed by atoms with van der Waals surface area (Å²) < 4.78 is 5.55. The molecule has 0 amide bonds. The van der Waals surface area contributed by atoms with Gasteiger partial charge in [-0.05, 0) is 34.1 Å². The Hall–Kier alpha value is 1.32. The first-order chi connectivity index (χ1) is 8.33. The molecule has 0 saturated carbocycles. The van der Waals surface area contributed by atoms with Gasteiger partial charge in [-0.1, -0.05) is 43.2 Å². The molecule has 0 aliphatic carbocycles. The molecular weight excluding hydrogens is 304 g/mol. The quantitative estimate of drug-likeness (QED) is 0.448. The van der Waals surface area contributed by atoms with E-state index >= 15 is 0 Å². The Morgan fingerprint density at radius 1 is 0.944 bits per heavy atom. The summed E-state index contributed by atoms with van der Waals surface area (Å²) in [4.78, 5) is 0. The van der Waals surface area contributed by atoms with Gasteiger partial charge in [0.25, 0.3) is 0 Å². The Morgan fingerprint density at radius 2 is 1.44 bits per heavy atom. The summed E-state index contributed by atoms with van der Waals surface area (Å²) in [5, 5.41) is 8.81. The first-order valence-electron chi connectivity index (χ1n) is 6.04. The van der Waals surface area contributed by atoms with Crippen LogP contribution in [-0.2, 0) is 4.74 Å². The zero-order chi connectivity index (χ0) is 14.1. The predicted molar refractivity (Wildman–Crippen MR) is 91.8 cm³/mol. The molecule has 110 valence electrons. The van der Waals surface area contributed by atoms with Crippen molar-refractivity contribution >= 4 is 43.2 Å². The van der Waals surface area contributed by atoms with Crippen molar-refractivity contribution in [2.75, 3.05) is 31.8 Å².